The minimum Gasteiger partial charge on any atom is -0.146 e. The Morgan fingerprint density at radius 3 is 0.394 bits per heavy atom. The Kier molecular flexibility index (Phi) is 38.9. The summed E-state index contributed by atoms with van der Waals surface area (Å²) in [6, 6.07) is 0. The highest BCUT2D eigenvalue weighted by atomic mass is 127. The minimum absolute atomic E-state index is 0.490. The van der Waals surface area contributed by atoms with Crippen LogP contribution >= 0.6 is 44.7 Å². The number of hydrogen-bond donors (Lipinski definition) is 0. The van der Waals surface area contributed by atoms with Crippen molar-refractivity contribution in [3.63, 3.8) is 0 Å². The van der Waals surface area contributed by atoms with Crippen molar-refractivity contribution in [2.24, 2.45) is 0 Å². The van der Waals surface area contributed by atoms with E-state index in [1.807, 2.05) is 0 Å². The molecule has 0 atom stereocenters. The van der Waals surface area contributed by atoms with Crippen LogP contribution in [-0.2, 0) is 0 Å². The normalized spacial score (nSPS) is 9.77. The van der Waals surface area contributed by atoms with Gasteiger partial charge in [-0.05, 0) is 0 Å². The van der Waals surface area contributed by atoms with Crippen molar-refractivity contribution < 1.29 is 0 Å². The summed E-state index contributed by atoms with van der Waals surface area (Å²) in [4.78, 5) is 0. The third-order valence-corrected chi connectivity index (χ3v) is 22.2. The van der Waals surface area contributed by atoms with E-state index in [0.717, 1.165) is 0 Å². The highest BCUT2D eigenvalue weighted by Crippen LogP contribution is 2.29. The van der Waals surface area contributed by atoms with Crippen LogP contribution in [0.15, 0.2) is 0 Å². The Labute approximate surface area is 521 Å². The fourth-order valence-electron chi connectivity index (χ4n) is 19.8. The topological polar surface area (TPSA) is 0 Å². The molecule has 0 amide bonds. The standard InChI is InChI=1S/B69H69I2/c1-35-52(34)61(53(36(2)3)37(4)5)65(60(50(30)31)51(32)33)67(64(58(46(22)23)47(24)25)59(48(26)27)49(28)29)68(69(70)71)66(62(54(38(6)7)39(8)9)55(40(10)11)41(12)13)63(56(42(14)15)43(16)17)57(44(18)19)45(20)21/h35H,1-34H2. The van der Waals surface area contributed by atoms with Gasteiger partial charge in [0.2, 0.25) is 2.32 Å². The second kappa shape index (κ2) is 35.9. The molecule has 0 rings (SSSR count). The smallest absolute Gasteiger partial charge is 0.146 e. The van der Waals surface area contributed by atoms with E-state index < -0.39 is 0 Å². The molecule has 0 N–H and O–H groups in total. The van der Waals surface area contributed by atoms with Gasteiger partial charge >= 0.3 is 0 Å². The molecule has 0 bridgehead atoms. The summed E-state index contributed by atoms with van der Waals surface area (Å²) in [7, 11) is 92.0. The fraction of sp³-hybridized carbons (Fsp3) is 0. The maximum absolute atomic E-state index is 3.16. The first-order valence-electron chi connectivity index (χ1n) is 31.6. The molecule has 0 fully saturated rings. The van der Waals surface area contributed by atoms with Gasteiger partial charge in [0.25, 0.3) is 0 Å². The van der Waals surface area contributed by atoms with E-state index in [0.29, 0.717) is 213 Å². The third kappa shape index (κ3) is 21.2. The molecule has 0 aliphatic carbocycles. The van der Waals surface area contributed by atoms with Crippen molar-refractivity contribution in [1.82, 2.24) is 0 Å². The maximum atomic E-state index is 3.16. The molecule has 71 heteroatoms. The zero-order valence-electron chi connectivity index (χ0n) is 55.1. The summed E-state index contributed by atoms with van der Waals surface area (Å²) >= 11 is 6.31. The van der Waals surface area contributed by atoms with Crippen LogP contribution in [0, 0.1) is 0 Å². The van der Waals surface area contributed by atoms with E-state index in [4.69, 9.17) is 0 Å². The van der Waals surface area contributed by atoms with Gasteiger partial charge < -0.3 is 0 Å². The summed E-state index contributed by atoms with van der Waals surface area (Å²) in [6.45, 7) is 0. The Balaban J connectivity index is 11.4. The molecule has 0 aliphatic rings. The largest absolute Gasteiger partial charge is 0.238 e. The molecule has 0 aromatic carbocycles. The second-order valence-electron chi connectivity index (χ2n) is 30.9. The van der Waals surface area contributed by atoms with Gasteiger partial charge in [-0.1, -0.05) is 0 Å². The lowest BCUT2D eigenvalue weighted by Crippen LogP contribution is -2.97. The van der Waals surface area contributed by atoms with Crippen LogP contribution in [0.5, 0.6) is 0 Å². The van der Waals surface area contributed by atoms with Crippen molar-refractivity contribution in [2.75, 3.05) is 0 Å². The zero-order valence-corrected chi connectivity index (χ0v) is 59.4. The van der Waals surface area contributed by atoms with E-state index in [-0.39, 0.29) is 0 Å². The highest BCUT2D eigenvalue weighted by Gasteiger charge is 2.65. The lowest BCUT2D eigenvalue weighted by atomic mass is 8.23. The molecule has 0 aromatic rings. The fourth-order valence-corrected chi connectivity index (χ4v) is 21.7. The first-order valence-corrected chi connectivity index (χ1v) is 34.1. The maximum Gasteiger partial charge on any atom is 0.238 e. The van der Waals surface area contributed by atoms with Crippen molar-refractivity contribution >= 4 is 528 Å². The van der Waals surface area contributed by atoms with Crippen molar-refractivity contribution in [3.8, 4) is 0 Å². The molecule has 0 nitrogen and oxygen atoms in total. The summed E-state index contributed by atoms with van der Waals surface area (Å²) in [5, 5.41) is 0. The summed E-state index contributed by atoms with van der Waals surface area (Å²) in [6.07, 6.45) is 20.3. The van der Waals surface area contributed by atoms with Gasteiger partial charge in [0.15, 0.2) is 0 Å². The zero-order chi connectivity index (χ0) is 56.3. The molecule has 0 aliphatic heterocycles. The Hall–Kier alpha value is 5.94. The number of rotatable bonds is 34. The average molecular weight is 1070 g/mol. The first-order chi connectivity index (χ1) is 32.3. The van der Waals surface area contributed by atoms with Gasteiger partial charge in [0, 0.05) is 218 Å². The first kappa shape index (κ1) is 76.9. The van der Waals surface area contributed by atoms with Crippen LogP contribution in [0.25, 0.3) is 0 Å². The molecule has 71 heavy (non-hydrogen) atoms. The summed E-state index contributed by atoms with van der Waals surface area (Å²) in [5.41, 5.74) is 0. The number of halogens is 2. The van der Waals surface area contributed by atoms with E-state index >= 15 is 0 Å². The van der Waals surface area contributed by atoms with Crippen LogP contribution in [0.2, 0.25) is 0 Å². The molecular weight excluding hydrogens is 1000 g/mol. The van der Waals surface area contributed by atoms with Crippen molar-refractivity contribution in [3.05, 3.63) is 0 Å². The monoisotopic (exact) mass is 1080 g/mol. The van der Waals surface area contributed by atoms with Gasteiger partial charge in [-0.2, -0.15) is 0 Å². The predicted molar refractivity (Wildman–Crippen MR) is 521 cm³/mol. The number of hydrogen-bond acceptors (Lipinski definition) is 0. The van der Waals surface area contributed by atoms with Crippen LogP contribution < -0.4 is 0 Å². The van der Waals surface area contributed by atoms with Crippen LogP contribution in [0.3, 0.4) is 0 Å². The van der Waals surface area contributed by atoms with Crippen molar-refractivity contribution in [1.29, 1.82) is 0 Å². The molecule has 0 spiro atoms. The molecular formula is H69B69I2. The van der Waals surface area contributed by atoms with Gasteiger partial charge in [-0.15, -0.1) is 44.7 Å². The van der Waals surface area contributed by atoms with E-state index in [1.165, 1.54) is 7.06 Å². The average Bonchev–Trinajstić information content (AvgIpc) is 3.16. The third-order valence-electron chi connectivity index (χ3n) is 20.6. The Morgan fingerprint density at radius 1 is 0.169 bits per heavy atom. The molecule has 0 saturated heterocycles. The van der Waals surface area contributed by atoms with Crippen molar-refractivity contribution in [2.45, 2.75) is 0 Å². The van der Waals surface area contributed by atoms with E-state index in [2.05, 4.69) is 308 Å². The second-order valence-corrected chi connectivity index (χ2v) is 35.9. The van der Waals surface area contributed by atoms with Gasteiger partial charge in [0.05, 0.1) is 263 Å². The molecule has 0 heterocycles. The highest BCUT2D eigenvalue weighted by molar-refractivity contribution is 14.3. The lowest BCUT2D eigenvalue weighted by Gasteiger charge is -2.58. The van der Waals surface area contributed by atoms with E-state index in [1.54, 1.807) is 0 Å². The van der Waals surface area contributed by atoms with Crippen LogP contribution in [-0.4, -0.2) is 483 Å². The summed E-state index contributed by atoms with van der Waals surface area (Å²) in [5.74, 6) is 0. The lowest BCUT2D eigenvalue weighted by molar-refractivity contribution is 3.17. The summed E-state index contributed by atoms with van der Waals surface area (Å²) < 4.78 is 0.490. The van der Waals surface area contributed by atoms with Crippen LogP contribution in [0.4, 0.5) is 0 Å². The SMILES string of the molecule is BBB(B)B(B(B(B)B)B(B)B)B(B(B(B)B)B(B)B)B(B(B(I)I)B(B(B(B(B)B)B(B)B)B(B(B)B)B(B)B)B(B(B(B)B)B(B)B)B(B(B)B)B(B)B)B(B(B(B)B)B(B)B)B(B(B)B)B(B)B. The quantitative estimate of drug-likeness (QED) is 0.0445. The predicted octanol–water partition coefficient (Wildman–Crippen LogP) is -43.0. The van der Waals surface area contributed by atoms with Gasteiger partial charge in [0.1, 0.15) is 0 Å². The Morgan fingerprint density at radius 2 is 0.282 bits per heavy atom. The molecule has 0 saturated carbocycles. The minimum atomic E-state index is 0.490. The van der Waals surface area contributed by atoms with E-state index in [9.17, 15) is 0 Å². The van der Waals surface area contributed by atoms with Gasteiger partial charge in [-0.3, -0.25) is 0 Å². The Bertz CT molecular complexity index is 1190. The molecule has 0 aromatic heterocycles. The van der Waals surface area contributed by atoms with Crippen LogP contribution in [0.1, 0.15) is 0 Å². The molecule has 0 unspecified atom stereocenters. The molecule has 290 valence electrons. The molecule has 0 radical (unpaired) electrons. The van der Waals surface area contributed by atoms with Gasteiger partial charge in [-0.25, -0.2) is 0 Å².